The number of rotatable bonds is 0. The van der Waals surface area contributed by atoms with Gasteiger partial charge in [-0.3, -0.25) is 34.9 Å². The molecule has 330 valence electrons. The van der Waals surface area contributed by atoms with E-state index in [4.69, 9.17) is 0 Å². The van der Waals surface area contributed by atoms with Gasteiger partial charge in [-0.1, -0.05) is 12.1 Å². The van der Waals surface area contributed by atoms with Crippen LogP contribution in [0, 0.1) is 138 Å². The second kappa shape index (κ2) is 27.8. The lowest BCUT2D eigenvalue weighted by Crippen LogP contribution is -1.92. The fourth-order valence-electron chi connectivity index (χ4n) is 5.53. The molecule has 0 aromatic carbocycles. The van der Waals surface area contributed by atoms with Crippen LogP contribution >= 0.6 is 0 Å². The van der Waals surface area contributed by atoms with E-state index in [0.717, 1.165) is 51.2 Å². The highest BCUT2D eigenvalue weighted by molar-refractivity contribution is 5.29. The summed E-state index contributed by atoms with van der Waals surface area (Å²) >= 11 is 0. The molecule has 0 amide bonds. The lowest BCUT2D eigenvalue weighted by Gasteiger charge is -2.03. The van der Waals surface area contributed by atoms with Gasteiger partial charge < -0.3 is 0 Å². The van der Waals surface area contributed by atoms with E-state index < -0.39 is 0 Å². The van der Waals surface area contributed by atoms with Crippen molar-refractivity contribution in [2.45, 2.75) is 138 Å². The molecule has 7 nitrogen and oxygen atoms in total. The molecule has 62 heavy (non-hydrogen) atoms. The van der Waals surface area contributed by atoms with Crippen molar-refractivity contribution in [1.82, 2.24) is 34.9 Å². The zero-order valence-corrected chi connectivity index (χ0v) is 41.8. The SMILES string of the molecule is Cc1cc(C)c(C)c(C)n1.Cc1cc(C)c(C)cn1.Cc1cc(C)nc(C)c1.Cc1ccc(C)c(C)n1.Cc1cccnc1C.Cc1ccnc(C)c1C.Cc1ccncc1C. The van der Waals surface area contributed by atoms with Gasteiger partial charge in [-0.2, -0.15) is 0 Å². The lowest BCUT2D eigenvalue weighted by atomic mass is 10.1. The van der Waals surface area contributed by atoms with Crippen LogP contribution in [-0.2, 0) is 0 Å². The molecule has 0 saturated heterocycles. The van der Waals surface area contributed by atoms with Crippen LogP contribution < -0.4 is 0 Å². The van der Waals surface area contributed by atoms with Crippen molar-refractivity contribution in [3.05, 3.63) is 204 Å². The van der Waals surface area contributed by atoms with E-state index in [1.807, 2.05) is 111 Å². The smallest absolute Gasteiger partial charge is 0.0407 e. The number of hydrogen-bond acceptors (Lipinski definition) is 7. The van der Waals surface area contributed by atoms with Crippen LogP contribution in [0.3, 0.4) is 0 Å². The summed E-state index contributed by atoms with van der Waals surface area (Å²) in [6.45, 7) is 41.1. The van der Waals surface area contributed by atoms with Gasteiger partial charge in [0.1, 0.15) is 0 Å². The standard InChI is InChI=1S/C9H13N.4C8H11N.2C7H9N/c1-6-5-7(2)10-9(4)8(6)3;1-6-4-8(3)9-5-7(6)2;1-6-4-7(2)9-8(3)5-6;1-6-4-5-9-8(3)7(6)2;1-6-4-5-7(2)9-8(6)3;1-6-3-4-8-5-7(6)2;1-6-4-3-5-8-7(6)2/h5H,1-4H3;4*4-5H,1-3H3;2*3-5H,1-2H3. The molecule has 0 bridgehead atoms. The zero-order chi connectivity index (χ0) is 47.1. The van der Waals surface area contributed by atoms with Gasteiger partial charge in [0.25, 0.3) is 0 Å². The Morgan fingerprint density at radius 2 is 0.806 bits per heavy atom. The number of aryl methyl sites for hydroxylation is 18. The first kappa shape index (κ1) is 54.1. The van der Waals surface area contributed by atoms with Crippen molar-refractivity contribution in [3.8, 4) is 0 Å². The van der Waals surface area contributed by atoms with E-state index in [0.29, 0.717) is 0 Å². The maximum atomic E-state index is 4.33. The third-order valence-corrected chi connectivity index (χ3v) is 10.4. The fraction of sp³-hybridized carbons (Fsp3) is 0.364. The van der Waals surface area contributed by atoms with Gasteiger partial charge in [0.05, 0.1) is 0 Å². The minimum Gasteiger partial charge on any atom is -0.264 e. The zero-order valence-electron chi connectivity index (χ0n) is 41.8. The van der Waals surface area contributed by atoms with Crippen LogP contribution in [0.1, 0.15) is 112 Å². The highest BCUT2D eigenvalue weighted by Crippen LogP contribution is 2.11. The molecule has 0 atom stereocenters. The van der Waals surface area contributed by atoms with Crippen molar-refractivity contribution in [2.75, 3.05) is 0 Å². The third kappa shape index (κ3) is 21.5. The summed E-state index contributed by atoms with van der Waals surface area (Å²) in [6, 6.07) is 20.5. The monoisotopic (exact) mass is 834 g/mol. The molecule has 7 aromatic rings. The van der Waals surface area contributed by atoms with Gasteiger partial charge >= 0.3 is 0 Å². The molecule has 0 aliphatic heterocycles. The number of pyridine rings is 7. The van der Waals surface area contributed by atoms with Gasteiger partial charge in [-0.15, -0.1) is 0 Å². The Kier molecular flexibility index (Phi) is 24.2. The first-order valence-corrected chi connectivity index (χ1v) is 21.3. The van der Waals surface area contributed by atoms with Gasteiger partial charge in [0.15, 0.2) is 0 Å². The van der Waals surface area contributed by atoms with Gasteiger partial charge in [0, 0.05) is 82.2 Å². The Hall–Kier alpha value is -5.95. The summed E-state index contributed by atoms with van der Waals surface area (Å²) in [5.41, 5.74) is 24.3. The molecule has 0 aliphatic rings. The van der Waals surface area contributed by atoms with Crippen molar-refractivity contribution in [2.24, 2.45) is 0 Å². The van der Waals surface area contributed by atoms with Gasteiger partial charge in [-0.25, -0.2) is 0 Å². The second-order valence-electron chi connectivity index (χ2n) is 16.2. The van der Waals surface area contributed by atoms with Gasteiger partial charge in [0.2, 0.25) is 0 Å². The van der Waals surface area contributed by atoms with Crippen LogP contribution in [0.5, 0.6) is 0 Å². The second-order valence-corrected chi connectivity index (χ2v) is 16.2. The Labute approximate surface area is 376 Å². The van der Waals surface area contributed by atoms with E-state index in [9.17, 15) is 0 Å². The Morgan fingerprint density at radius 1 is 0.290 bits per heavy atom. The van der Waals surface area contributed by atoms with Crippen LogP contribution in [-0.4, -0.2) is 34.9 Å². The van der Waals surface area contributed by atoms with Gasteiger partial charge in [-0.05, 0) is 248 Å². The number of hydrogen-bond donors (Lipinski definition) is 0. The Balaban J connectivity index is 0.000000362. The molecule has 0 unspecified atom stereocenters. The molecule has 7 heteroatoms. The van der Waals surface area contributed by atoms with Crippen LogP contribution in [0.4, 0.5) is 0 Å². The summed E-state index contributed by atoms with van der Waals surface area (Å²) in [5.74, 6) is 0. The third-order valence-electron chi connectivity index (χ3n) is 10.4. The molecule has 0 N–H and O–H groups in total. The maximum absolute atomic E-state index is 4.33. The minimum absolute atomic E-state index is 1.10. The number of nitrogens with zero attached hydrogens (tertiary/aromatic N) is 7. The lowest BCUT2D eigenvalue weighted by molar-refractivity contribution is 1.07. The quantitative estimate of drug-likeness (QED) is 0.150. The van der Waals surface area contributed by atoms with E-state index in [1.54, 1.807) is 0 Å². The highest BCUT2D eigenvalue weighted by atomic mass is 14.7. The van der Waals surface area contributed by atoms with E-state index >= 15 is 0 Å². The fourth-order valence-corrected chi connectivity index (χ4v) is 5.53. The minimum atomic E-state index is 1.10. The molecule has 7 rings (SSSR count). The predicted molar refractivity (Wildman–Crippen MR) is 264 cm³/mol. The van der Waals surface area contributed by atoms with Crippen LogP contribution in [0.2, 0.25) is 0 Å². The normalized spacial score (nSPS) is 9.61. The van der Waals surface area contributed by atoms with E-state index in [1.165, 1.54) is 61.2 Å². The largest absolute Gasteiger partial charge is 0.264 e. The first-order valence-electron chi connectivity index (χ1n) is 21.3. The number of aromatic nitrogens is 7. The average Bonchev–Trinajstić information content (AvgIpc) is 3.19. The van der Waals surface area contributed by atoms with Crippen molar-refractivity contribution in [3.63, 3.8) is 0 Å². The summed E-state index contributed by atoms with van der Waals surface area (Å²) in [7, 11) is 0. The molecule has 0 spiro atoms. The molecule has 0 radical (unpaired) electrons. The average molecular weight is 834 g/mol. The predicted octanol–water partition coefficient (Wildman–Crippen LogP) is 13.7. The molecular weight excluding hydrogens is 759 g/mol. The molecule has 0 aliphatic carbocycles. The molecule has 7 heterocycles. The van der Waals surface area contributed by atoms with E-state index in [-0.39, 0.29) is 0 Å². The van der Waals surface area contributed by atoms with Crippen LogP contribution in [0.15, 0.2) is 91.6 Å². The summed E-state index contributed by atoms with van der Waals surface area (Å²) in [4.78, 5) is 29.1. The topological polar surface area (TPSA) is 90.2 Å². The van der Waals surface area contributed by atoms with Crippen LogP contribution in [0.25, 0.3) is 0 Å². The van der Waals surface area contributed by atoms with Crippen molar-refractivity contribution < 1.29 is 0 Å². The summed E-state index contributed by atoms with van der Waals surface area (Å²) < 4.78 is 0. The van der Waals surface area contributed by atoms with Crippen molar-refractivity contribution in [1.29, 1.82) is 0 Å². The molecule has 0 saturated carbocycles. The summed E-state index contributed by atoms with van der Waals surface area (Å²) in [5, 5.41) is 0. The van der Waals surface area contributed by atoms with Crippen molar-refractivity contribution >= 4 is 0 Å². The Bertz CT molecular complexity index is 2200. The molecular formula is C55H75N7. The first-order chi connectivity index (χ1) is 29.0. The molecule has 7 aromatic heterocycles. The maximum Gasteiger partial charge on any atom is 0.0407 e. The molecule has 0 fully saturated rings. The van der Waals surface area contributed by atoms with E-state index in [2.05, 4.69) is 154 Å². The highest BCUT2D eigenvalue weighted by Gasteiger charge is 1.98. The summed E-state index contributed by atoms with van der Waals surface area (Å²) in [6.07, 6.45) is 9.24. The Morgan fingerprint density at radius 3 is 1.23 bits per heavy atom.